The van der Waals surface area contributed by atoms with Gasteiger partial charge in [-0.25, -0.2) is 9.07 Å². The molecule has 25 heavy (non-hydrogen) atoms. The third-order valence-electron chi connectivity index (χ3n) is 4.42. The molecule has 126 valence electrons. The minimum absolute atomic E-state index is 0.0933. The summed E-state index contributed by atoms with van der Waals surface area (Å²) in [5.41, 5.74) is 3.70. The van der Waals surface area contributed by atoms with Crippen LogP contribution in [0.1, 0.15) is 34.3 Å². The van der Waals surface area contributed by atoms with Gasteiger partial charge in [0.1, 0.15) is 12.1 Å². The minimum Gasteiger partial charge on any atom is -0.319 e. The van der Waals surface area contributed by atoms with E-state index in [1.54, 1.807) is 12.1 Å². The Morgan fingerprint density at radius 2 is 1.92 bits per heavy atom. The molecule has 0 fully saturated rings. The number of nitrogens with one attached hydrogen (secondary N) is 1. The summed E-state index contributed by atoms with van der Waals surface area (Å²) in [5, 5.41) is 13.5. The van der Waals surface area contributed by atoms with Gasteiger partial charge in [0.05, 0.1) is 11.4 Å². The van der Waals surface area contributed by atoms with Crippen LogP contribution < -0.4 is 5.32 Å². The fourth-order valence-electron chi connectivity index (χ4n) is 3.10. The van der Waals surface area contributed by atoms with Gasteiger partial charge in [0.25, 0.3) is 5.91 Å². The van der Waals surface area contributed by atoms with Gasteiger partial charge in [-0.1, -0.05) is 6.07 Å². The number of hydrogen-bond acceptors (Lipinski definition) is 4. The highest BCUT2D eigenvalue weighted by Gasteiger charge is 2.15. The molecule has 0 bridgehead atoms. The molecule has 6 nitrogen and oxygen atoms in total. The third kappa shape index (κ3) is 3.13. The van der Waals surface area contributed by atoms with Crippen LogP contribution in [0.5, 0.6) is 0 Å². The molecule has 0 aliphatic heterocycles. The zero-order valence-electron chi connectivity index (χ0n) is 13.4. The lowest BCUT2D eigenvalue weighted by Crippen LogP contribution is -2.15. The van der Waals surface area contributed by atoms with Gasteiger partial charge in [-0.15, -0.1) is 5.10 Å². The Morgan fingerprint density at radius 3 is 2.72 bits per heavy atom. The monoisotopic (exact) mass is 337 g/mol. The van der Waals surface area contributed by atoms with E-state index < -0.39 is 5.82 Å². The van der Waals surface area contributed by atoms with E-state index in [0.717, 1.165) is 19.3 Å². The van der Waals surface area contributed by atoms with Crippen molar-refractivity contribution in [3.05, 3.63) is 65.2 Å². The zero-order valence-corrected chi connectivity index (χ0v) is 13.4. The summed E-state index contributed by atoms with van der Waals surface area (Å²) >= 11 is 0. The predicted octanol–water partition coefficient (Wildman–Crippen LogP) is 2.93. The summed E-state index contributed by atoms with van der Waals surface area (Å²) in [5.74, 6) is -0.843. The quantitative estimate of drug-likeness (QED) is 0.797. The lowest BCUT2D eigenvalue weighted by atomic mass is 9.90. The smallest absolute Gasteiger partial charge is 0.255 e. The second-order valence-corrected chi connectivity index (χ2v) is 6.06. The Bertz CT molecular complexity index is 923. The number of amides is 1. The van der Waals surface area contributed by atoms with E-state index in [4.69, 9.17) is 0 Å². The molecule has 1 aliphatic rings. The maximum absolute atomic E-state index is 14.1. The number of anilines is 1. The number of carbonyl (C=O) groups excluding carboxylic acids is 1. The van der Waals surface area contributed by atoms with Crippen LogP contribution in [0.15, 0.2) is 42.7 Å². The molecule has 1 N–H and O–H groups in total. The van der Waals surface area contributed by atoms with Gasteiger partial charge in [-0.05, 0) is 77.6 Å². The SMILES string of the molecule is O=C(Nc1cc(-n2cnnn2)ccc1F)c1ccc2c(c1)CCCC2. The summed E-state index contributed by atoms with van der Waals surface area (Å²) < 4.78 is 15.5. The Balaban J connectivity index is 1.59. The highest BCUT2D eigenvalue weighted by molar-refractivity contribution is 6.04. The van der Waals surface area contributed by atoms with E-state index in [-0.39, 0.29) is 11.6 Å². The number of hydrogen-bond donors (Lipinski definition) is 1. The molecule has 0 radical (unpaired) electrons. The molecule has 3 aromatic rings. The van der Waals surface area contributed by atoms with E-state index in [1.165, 1.54) is 40.7 Å². The maximum atomic E-state index is 14.1. The molecule has 1 aliphatic carbocycles. The van der Waals surface area contributed by atoms with Crippen LogP contribution >= 0.6 is 0 Å². The first-order valence-electron chi connectivity index (χ1n) is 8.17. The van der Waals surface area contributed by atoms with Crippen molar-refractivity contribution in [1.82, 2.24) is 20.2 Å². The molecule has 2 aromatic carbocycles. The summed E-state index contributed by atoms with van der Waals surface area (Å²) in [6, 6.07) is 10.0. The normalized spacial score (nSPS) is 13.3. The second kappa shape index (κ2) is 6.43. The Morgan fingerprint density at radius 1 is 1.08 bits per heavy atom. The van der Waals surface area contributed by atoms with E-state index >= 15 is 0 Å². The number of aromatic nitrogens is 4. The van der Waals surface area contributed by atoms with Gasteiger partial charge in [0.15, 0.2) is 0 Å². The molecule has 7 heteroatoms. The maximum Gasteiger partial charge on any atom is 0.255 e. The molecule has 1 heterocycles. The zero-order chi connectivity index (χ0) is 17.2. The van der Waals surface area contributed by atoms with Crippen LogP contribution in [0, 0.1) is 5.82 Å². The summed E-state index contributed by atoms with van der Waals surface area (Å²) in [6.07, 6.45) is 5.77. The predicted molar refractivity (Wildman–Crippen MR) is 90.1 cm³/mol. The van der Waals surface area contributed by atoms with Crippen molar-refractivity contribution in [3.63, 3.8) is 0 Å². The number of rotatable bonds is 3. The van der Waals surface area contributed by atoms with Crippen molar-refractivity contribution in [2.75, 3.05) is 5.32 Å². The van der Waals surface area contributed by atoms with Crippen LogP contribution in [0.4, 0.5) is 10.1 Å². The minimum atomic E-state index is -0.511. The fourth-order valence-corrected chi connectivity index (χ4v) is 3.10. The van der Waals surface area contributed by atoms with Gasteiger partial charge >= 0.3 is 0 Å². The van der Waals surface area contributed by atoms with Gasteiger partial charge in [0.2, 0.25) is 0 Å². The molecule has 0 spiro atoms. The highest BCUT2D eigenvalue weighted by atomic mass is 19.1. The number of nitrogens with zero attached hydrogens (tertiary/aromatic N) is 4. The molecule has 0 saturated heterocycles. The molecule has 0 atom stereocenters. The fraction of sp³-hybridized carbons (Fsp3) is 0.222. The molecule has 0 saturated carbocycles. The molecule has 1 amide bonds. The Kier molecular flexibility index (Phi) is 3.97. The van der Waals surface area contributed by atoms with Crippen molar-refractivity contribution < 1.29 is 9.18 Å². The highest BCUT2D eigenvalue weighted by Crippen LogP contribution is 2.23. The van der Waals surface area contributed by atoms with Crippen molar-refractivity contribution in [2.45, 2.75) is 25.7 Å². The average molecular weight is 337 g/mol. The molecule has 0 unspecified atom stereocenters. The number of carbonyl (C=O) groups is 1. The van der Waals surface area contributed by atoms with Crippen molar-refractivity contribution >= 4 is 11.6 Å². The number of fused-ring (bicyclic) bond motifs is 1. The Labute approximate surface area is 143 Å². The summed E-state index contributed by atoms with van der Waals surface area (Å²) in [7, 11) is 0. The van der Waals surface area contributed by atoms with Crippen LogP contribution in [0.2, 0.25) is 0 Å². The molecular weight excluding hydrogens is 321 g/mol. The number of benzene rings is 2. The number of tetrazole rings is 1. The first-order valence-corrected chi connectivity index (χ1v) is 8.17. The topological polar surface area (TPSA) is 72.7 Å². The molecule has 4 rings (SSSR count). The lowest BCUT2D eigenvalue weighted by Gasteiger charge is -2.16. The molecule has 1 aromatic heterocycles. The van der Waals surface area contributed by atoms with E-state index in [9.17, 15) is 9.18 Å². The first kappa shape index (κ1) is 15.4. The lowest BCUT2D eigenvalue weighted by molar-refractivity contribution is 0.102. The van der Waals surface area contributed by atoms with Gasteiger partial charge < -0.3 is 5.32 Å². The second-order valence-electron chi connectivity index (χ2n) is 6.06. The first-order chi connectivity index (χ1) is 12.2. The molecular formula is C18H16FN5O. The van der Waals surface area contributed by atoms with E-state index in [0.29, 0.717) is 11.3 Å². The third-order valence-corrected chi connectivity index (χ3v) is 4.42. The van der Waals surface area contributed by atoms with Crippen LogP contribution in [0.25, 0.3) is 5.69 Å². The van der Waals surface area contributed by atoms with E-state index in [2.05, 4.69) is 20.8 Å². The summed E-state index contributed by atoms with van der Waals surface area (Å²) in [4.78, 5) is 12.5. The van der Waals surface area contributed by atoms with Crippen LogP contribution in [-0.2, 0) is 12.8 Å². The average Bonchev–Trinajstić information content (AvgIpc) is 3.18. The largest absolute Gasteiger partial charge is 0.319 e. The standard InChI is InChI=1S/C18H16FN5O/c19-16-8-7-15(24-11-20-22-23-24)10-17(16)21-18(25)14-6-5-12-3-1-2-4-13(12)9-14/h5-11H,1-4H2,(H,21,25). The van der Waals surface area contributed by atoms with Crippen LogP contribution in [0.3, 0.4) is 0 Å². The van der Waals surface area contributed by atoms with Crippen molar-refractivity contribution in [2.24, 2.45) is 0 Å². The van der Waals surface area contributed by atoms with Crippen LogP contribution in [-0.4, -0.2) is 26.1 Å². The van der Waals surface area contributed by atoms with E-state index in [1.807, 2.05) is 12.1 Å². The Hall–Kier alpha value is -3.09. The van der Waals surface area contributed by atoms with Gasteiger partial charge in [-0.3, -0.25) is 4.79 Å². The summed E-state index contributed by atoms with van der Waals surface area (Å²) in [6.45, 7) is 0. The number of halogens is 1. The van der Waals surface area contributed by atoms with Gasteiger partial charge in [-0.2, -0.15) is 0 Å². The number of aryl methyl sites for hydroxylation is 2. The van der Waals surface area contributed by atoms with Gasteiger partial charge in [0, 0.05) is 5.56 Å². The van der Waals surface area contributed by atoms with Crippen molar-refractivity contribution in [1.29, 1.82) is 0 Å². The van der Waals surface area contributed by atoms with Crippen molar-refractivity contribution in [3.8, 4) is 5.69 Å².